The lowest BCUT2D eigenvalue weighted by Gasteiger charge is -2.10. The number of hydrogen-bond acceptors (Lipinski definition) is 3. The number of allylic oxidation sites excluding steroid dienone is 3. The fraction of sp³-hybridized carbons (Fsp3) is 0.0833. The van der Waals surface area contributed by atoms with E-state index < -0.39 is 10.3 Å². The smallest absolute Gasteiger partial charge is 0.217 e. The van der Waals surface area contributed by atoms with Gasteiger partial charge in [-0.15, -0.1) is 0 Å². The molecule has 0 aromatic heterocycles. The van der Waals surface area contributed by atoms with E-state index in [-0.39, 0.29) is 0 Å². The van der Waals surface area contributed by atoms with Gasteiger partial charge in [-0.2, -0.15) is 8.42 Å². The highest BCUT2D eigenvalue weighted by Crippen LogP contribution is 2.13. The van der Waals surface area contributed by atoms with Crippen molar-refractivity contribution in [3.05, 3.63) is 54.3 Å². The number of nitrogens with one attached hydrogen (secondary N) is 1. The molecule has 0 bridgehead atoms. The first-order valence-corrected chi connectivity index (χ1v) is 5.98. The molecule has 0 radical (unpaired) electrons. The molecule has 0 unspecified atom stereocenters. The van der Waals surface area contributed by atoms with Crippen LogP contribution in [0.4, 0.5) is 5.69 Å². The summed E-state index contributed by atoms with van der Waals surface area (Å²) in [5.74, 6) is 0. The van der Waals surface area contributed by atoms with Crippen LogP contribution in [0.15, 0.2) is 54.3 Å². The maximum atomic E-state index is 10.7. The molecule has 4 heteroatoms. The lowest BCUT2D eigenvalue weighted by atomic mass is 10.1. The van der Waals surface area contributed by atoms with Crippen LogP contribution in [-0.4, -0.2) is 13.3 Å². The molecule has 1 aromatic rings. The van der Waals surface area contributed by atoms with Crippen LogP contribution in [0.5, 0.6) is 0 Å². The van der Waals surface area contributed by atoms with Crippen LogP contribution in [0.25, 0.3) is 0 Å². The van der Waals surface area contributed by atoms with E-state index >= 15 is 0 Å². The number of anilines is 1. The summed E-state index contributed by atoms with van der Waals surface area (Å²) in [6.45, 7) is 0. The molecule has 2 rings (SSSR count). The van der Waals surface area contributed by atoms with Gasteiger partial charge in [0.1, 0.15) is 0 Å². The van der Waals surface area contributed by atoms with E-state index in [1.807, 2.05) is 36.4 Å². The summed E-state index contributed by atoms with van der Waals surface area (Å²) in [5.41, 5.74) is 1.91. The topological polar surface area (TPSA) is 46.2 Å². The monoisotopic (exact) mass is 233 g/mol. The molecule has 0 atom stereocenters. The van der Waals surface area contributed by atoms with Gasteiger partial charge in [-0.25, -0.2) is 0 Å². The van der Waals surface area contributed by atoms with E-state index in [0.717, 1.165) is 11.4 Å². The van der Waals surface area contributed by atoms with Gasteiger partial charge >= 0.3 is 0 Å². The Morgan fingerprint density at radius 2 is 1.81 bits per heavy atom. The van der Waals surface area contributed by atoms with Gasteiger partial charge in [-0.1, -0.05) is 24.3 Å². The maximum Gasteiger partial charge on any atom is 0.217 e. The van der Waals surface area contributed by atoms with Crippen LogP contribution in [-0.2, 0) is 10.3 Å². The van der Waals surface area contributed by atoms with Crippen molar-refractivity contribution in [2.75, 3.05) is 5.32 Å². The summed E-state index contributed by atoms with van der Waals surface area (Å²) in [4.78, 5) is 0.415. The molecule has 1 aliphatic carbocycles. The third kappa shape index (κ3) is 2.61. The minimum Gasteiger partial charge on any atom is -0.356 e. The molecule has 0 saturated heterocycles. The van der Waals surface area contributed by atoms with Crippen molar-refractivity contribution in [1.29, 1.82) is 0 Å². The molecule has 0 amide bonds. The number of rotatable bonds is 2. The van der Waals surface area contributed by atoms with Crippen LogP contribution in [0, 0.1) is 0 Å². The lowest BCUT2D eigenvalue weighted by molar-refractivity contribution is 0.627. The molecule has 1 aliphatic rings. The van der Waals surface area contributed by atoms with Crippen molar-refractivity contribution in [2.24, 2.45) is 0 Å². The minimum absolute atomic E-state index is 0.415. The highest BCUT2D eigenvalue weighted by atomic mass is 32.2. The lowest BCUT2D eigenvalue weighted by Crippen LogP contribution is -2.04. The molecule has 1 N–H and O–H groups in total. The first-order chi connectivity index (χ1) is 7.75. The van der Waals surface area contributed by atoms with Gasteiger partial charge in [-0.05, 0) is 24.3 Å². The second-order valence-corrected chi connectivity index (χ2v) is 4.38. The summed E-state index contributed by atoms with van der Waals surface area (Å²) in [6, 6.07) is 9.75. The summed E-state index contributed by atoms with van der Waals surface area (Å²) in [5, 5.41) is 3.20. The van der Waals surface area contributed by atoms with Gasteiger partial charge in [-0.3, -0.25) is 0 Å². The fourth-order valence-corrected chi connectivity index (χ4v) is 1.83. The second-order valence-electron chi connectivity index (χ2n) is 3.39. The first kappa shape index (κ1) is 10.7. The average molecular weight is 233 g/mol. The zero-order chi connectivity index (χ0) is 11.4. The molecule has 16 heavy (non-hydrogen) atoms. The van der Waals surface area contributed by atoms with Crippen LogP contribution >= 0.6 is 0 Å². The van der Waals surface area contributed by atoms with Gasteiger partial charge in [0.25, 0.3) is 0 Å². The minimum atomic E-state index is -2.11. The van der Waals surface area contributed by atoms with Crippen LogP contribution in [0.3, 0.4) is 0 Å². The molecule has 0 spiro atoms. The quantitative estimate of drug-likeness (QED) is 0.795. The van der Waals surface area contributed by atoms with Gasteiger partial charge in [0.05, 0.1) is 4.86 Å². The zero-order valence-electron chi connectivity index (χ0n) is 8.55. The van der Waals surface area contributed by atoms with E-state index in [1.54, 1.807) is 12.2 Å². The van der Waals surface area contributed by atoms with E-state index in [9.17, 15) is 8.42 Å². The van der Waals surface area contributed by atoms with E-state index in [4.69, 9.17) is 0 Å². The fourth-order valence-electron chi connectivity index (χ4n) is 1.43. The predicted molar refractivity (Wildman–Crippen MR) is 65.8 cm³/mol. The SMILES string of the molecule is O=S(=O)=C1C=CC(Nc2ccccc2)=CC1. The average Bonchev–Trinajstić information content (AvgIpc) is 2.31. The molecule has 0 saturated carbocycles. The first-order valence-electron chi connectivity index (χ1n) is 4.91. The molecular formula is C12H11NO2S. The Bertz CT molecular complexity index is 560. The zero-order valence-corrected chi connectivity index (χ0v) is 9.37. The van der Waals surface area contributed by atoms with Gasteiger partial charge < -0.3 is 5.32 Å². The molecule has 1 aromatic carbocycles. The Morgan fingerprint density at radius 3 is 2.38 bits per heavy atom. The van der Waals surface area contributed by atoms with Crippen molar-refractivity contribution in [3.8, 4) is 0 Å². The highest BCUT2D eigenvalue weighted by molar-refractivity contribution is 7.73. The Balaban J connectivity index is 2.11. The summed E-state index contributed by atoms with van der Waals surface area (Å²) < 4.78 is 21.4. The highest BCUT2D eigenvalue weighted by Gasteiger charge is 2.03. The molecular weight excluding hydrogens is 222 g/mol. The van der Waals surface area contributed by atoms with Gasteiger partial charge in [0.2, 0.25) is 10.3 Å². The third-order valence-corrected chi connectivity index (χ3v) is 2.98. The summed E-state index contributed by atoms with van der Waals surface area (Å²) in [6.07, 6.45) is 5.69. The van der Waals surface area contributed by atoms with Crippen molar-refractivity contribution >= 4 is 20.8 Å². The van der Waals surface area contributed by atoms with E-state index in [2.05, 4.69) is 5.32 Å². The Hall–Kier alpha value is -1.81. The summed E-state index contributed by atoms with van der Waals surface area (Å²) >= 11 is 0. The van der Waals surface area contributed by atoms with Crippen LogP contribution < -0.4 is 5.32 Å². The third-order valence-electron chi connectivity index (χ3n) is 2.25. The van der Waals surface area contributed by atoms with Crippen molar-refractivity contribution < 1.29 is 8.42 Å². The van der Waals surface area contributed by atoms with E-state index in [1.165, 1.54) is 0 Å². The second kappa shape index (κ2) is 4.81. The Labute approximate surface area is 95.6 Å². The Kier molecular flexibility index (Phi) is 3.22. The van der Waals surface area contributed by atoms with Crippen LogP contribution in [0.2, 0.25) is 0 Å². The molecule has 3 nitrogen and oxygen atoms in total. The molecule has 0 fully saturated rings. The van der Waals surface area contributed by atoms with Crippen molar-refractivity contribution in [1.82, 2.24) is 0 Å². The largest absolute Gasteiger partial charge is 0.356 e. The maximum absolute atomic E-state index is 10.7. The van der Waals surface area contributed by atoms with Crippen molar-refractivity contribution in [2.45, 2.75) is 6.42 Å². The van der Waals surface area contributed by atoms with E-state index in [0.29, 0.717) is 11.3 Å². The van der Waals surface area contributed by atoms with Gasteiger partial charge in [0.15, 0.2) is 0 Å². The van der Waals surface area contributed by atoms with Crippen molar-refractivity contribution in [3.63, 3.8) is 0 Å². The molecule has 0 aliphatic heterocycles. The van der Waals surface area contributed by atoms with Crippen LogP contribution in [0.1, 0.15) is 6.42 Å². The normalized spacial score (nSPS) is 14.5. The summed E-state index contributed by atoms with van der Waals surface area (Å²) in [7, 11) is -2.11. The number of benzene rings is 1. The van der Waals surface area contributed by atoms with Gasteiger partial charge in [0, 0.05) is 17.8 Å². The standard InChI is InChI=1S/C12H11NO2S/c14-16(15)12-8-6-11(7-9-12)13-10-4-2-1-3-5-10/h1-8,13H,9H2. The number of hydrogen-bond donors (Lipinski definition) is 1. The predicted octanol–water partition coefficient (Wildman–Crippen LogP) is 1.99. The Morgan fingerprint density at radius 1 is 1.06 bits per heavy atom. The molecule has 82 valence electrons. The number of para-hydroxylation sites is 1. The molecule has 0 heterocycles.